The Balaban J connectivity index is 0.00000336. The van der Waals surface area contributed by atoms with Gasteiger partial charge in [-0.25, -0.2) is 4.79 Å². The van der Waals surface area contributed by atoms with E-state index >= 15 is 0 Å². The number of carboxylic acid groups (broad SMARTS) is 1. The quantitative estimate of drug-likeness (QED) is 0.238. The van der Waals surface area contributed by atoms with Crippen LogP contribution >= 0.6 is 12.4 Å². The van der Waals surface area contributed by atoms with Gasteiger partial charge in [-0.2, -0.15) is 0 Å². The molecule has 0 saturated carbocycles. The van der Waals surface area contributed by atoms with Crippen molar-refractivity contribution in [3.8, 4) is 11.5 Å². The number of nitrogens with zero attached hydrogens (tertiary/aromatic N) is 1. The Morgan fingerprint density at radius 3 is 2.66 bits per heavy atom. The van der Waals surface area contributed by atoms with Gasteiger partial charge in [0, 0.05) is 11.8 Å². The number of hydrogen-bond donors (Lipinski definition) is 1. The normalized spacial score (nSPS) is 15.2. The maximum atomic E-state index is 11.0. The van der Waals surface area contributed by atoms with Crippen molar-refractivity contribution in [3.05, 3.63) is 96.1 Å². The summed E-state index contributed by atoms with van der Waals surface area (Å²) in [6.07, 6.45) is 3.16. The van der Waals surface area contributed by atoms with Crippen molar-refractivity contribution >= 4 is 40.5 Å². The summed E-state index contributed by atoms with van der Waals surface area (Å²) in [4.78, 5) is 13.3. The maximum absolute atomic E-state index is 11.0. The van der Waals surface area contributed by atoms with E-state index in [0.717, 1.165) is 48.5 Å². The Labute approximate surface area is 230 Å². The van der Waals surface area contributed by atoms with Crippen LogP contribution in [0.15, 0.2) is 84.9 Å². The van der Waals surface area contributed by atoms with Crippen LogP contribution in [0.4, 0.5) is 11.4 Å². The van der Waals surface area contributed by atoms with Gasteiger partial charge in [0.1, 0.15) is 17.6 Å². The predicted octanol–water partition coefficient (Wildman–Crippen LogP) is 7.91. The highest BCUT2D eigenvalue weighted by Crippen LogP contribution is 2.40. The first-order valence-corrected chi connectivity index (χ1v) is 13.0. The van der Waals surface area contributed by atoms with Crippen molar-refractivity contribution in [2.24, 2.45) is 0 Å². The van der Waals surface area contributed by atoms with Crippen molar-refractivity contribution < 1.29 is 19.4 Å². The third-order valence-electron chi connectivity index (χ3n) is 7.19. The van der Waals surface area contributed by atoms with Gasteiger partial charge in [0.25, 0.3) is 0 Å². The third-order valence-corrected chi connectivity index (χ3v) is 7.19. The Bertz CT molecular complexity index is 1400. The van der Waals surface area contributed by atoms with Gasteiger partial charge in [-0.15, -0.1) is 12.4 Å². The molecule has 1 aliphatic heterocycles. The number of para-hydroxylation sites is 2. The van der Waals surface area contributed by atoms with E-state index in [2.05, 4.69) is 66.4 Å². The topological polar surface area (TPSA) is 59.0 Å². The second-order valence-electron chi connectivity index (χ2n) is 9.85. The summed E-state index contributed by atoms with van der Waals surface area (Å²) >= 11 is 0. The second kappa shape index (κ2) is 12.2. The lowest BCUT2D eigenvalue weighted by atomic mass is 9.90. The molecule has 1 N–H and O–H groups in total. The molecule has 2 atom stereocenters. The number of anilines is 2. The van der Waals surface area contributed by atoms with E-state index in [0.29, 0.717) is 11.7 Å². The highest BCUT2D eigenvalue weighted by atomic mass is 35.5. The molecule has 0 spiro atoms. The molecule has 5 rings (SSSR count). The first kappa shape index (κ1) is 27.3. The third kappa shape index (κ3) is 6.05. The maximum Gasteiger partial charge on any atom is 0.341 e. The van der Waals surface area contributed by atoms with Crippen LogP contribution in [0.1, 0.15) is 43.2 Å². The Morgan fingerprint density at radius 1 is 1.05 bits per heavy atom. The van der Waals surface area contributed by atoms with Crippen LogP contribution in [-0.2, 0) is 4.79 Å². The zero-order valence-corrected chi connectivity index (χ0v) is 22.6. The minimum absolute atomic E-state index is 0. The number of hydrogen-bond acceptors (Lipinski definition) is 4. The van der Waals surface area contributed by atoms with E-state index in [4.69, 9.17) is 14.6 Å². The molecule has 4 aromatic carbocycles. The van der Waals surface area contributed by atoms with Gasteiger partial charge < -0.3 is 19.5 Å². The molecule has 38 heavy (non-hydrogen) atoms. The van der Waals surface area contributed by atoms with E-state index in [1.165, 1.54) is 16.3 Å². The summed E-state index contributed by atoms with van der Waals surface area (Å²) in [5.74, 6) is 0.933. The van der Waals surface area contributed by atoms with Crippen molar-refractivity contribution in [1.82, 2.24) is 0 Å². The van der Waals surface area contributed by atoms with Crippen LogP contribution in [0.3, 0.4) is 0 Å². The molecule has 4 aromatic rings. The summed E-state index contributed by atoms with van der Waals surface area (Å²) in [6, 6.07) is 29.2. The van der Waals surface area contributed by atoms with Gasteiger partial charge in [0.2, 0.25) is 0 Å². The molecular weight excluding hydrogens is 498 g/mol. The second-order valence-corrected chi connectivity index (χ2v) is 9.85. The molecule has 1 heterocycles. The van der Waals surface area contributed by atoms with Gasteiger partial charge in [-0.05, 0) is 72.2 Å². The molecule has 0 amide bonds. The lowest BCUT2D eigenvalue weighted by Gasteiger charge is -2.36. The predicted molar refractivity (Wildman–Crippen MR) is 156 cm³/mol. The summed E-state index contributed by atoms with van der Waals surface area (Å²) < 4.78 is 12.0. The van der Waals surface area contributed by atoms with Crippen molar-refractivity contribution in [3.63, 3.8) is 0 Å². The number of aliphatic carboxylic acids is 1. The molecule has 0 aromatic heterocycles. The average Bonchev–Trinajstić information content (AvgIpc) is 2.91. The summed E-state index contributed by atoms with van der Waals surface area (Å²) in [6.45, 7) is 4.60. The zero-order valence-electron chi connectivity index (χ0n) is 21.8. The minimum Gasteiger partial charge on any atom is -0.486 e. The fourth-order valence-electron chi connectivity index (χ4n) is 5.23. The number of carboxylic acids is 1. The van der Waals surface area contributed by atoms with Crippen LogP contribution < -0.4 is 14.4 Å². The number of aryl methyl sites for hydroxylation is 1. The summed E-state index contributed by atoms with van der Waals surface area (Å²) in [7, 11) is 0. The van der Waals surface area contributed by atoms with Gasteiger partial charge in [-0.3, -0.25) is 0 Å². The Hall–Kier alpha value is -3.70. The monoisotopic (exact) mass is 531 g/mol. The molecule has 6 heteroatoms. The largest absolute Gasteiger partial charge is 0.486 e. The number of halogens is 1. The van der Waals surface area contributed by atoms with Gasteiger partial charge >= 0.3 is 5.97 Å². The molecule has 0 saturated heterocycles. The molecule has 198 valence electrons. The zero-order chi connectivity index (χ0) is 25.8. The fourth-order valence-corrected chi connectivity index (χ4v) is 5.23. The molecule has 0 radical (unpaired) electrons. The van der Waals surface area contributed by atoms with E-state index in [-0.39, 0.29) is 25.1 Å². The van der Waals surface area contributed by atoms with Crippen molar-refractivity contribution in [2.45, 2.75) is 45.1 Å². The van der Waals surface area contributed by atoms with Gasteiger partial charge in [0.15, 0.2) is 6.61 Å². The van der Waals surface area contributed by atoms with Crippen molar-refractivity contribution in [1.29, 1.82) is 0 Å². The highest BCUT2D eigenvalue weighted by Gasteiger charge is 2.27. The number of ether oxygens (including phenoxy) is 2. The molecule has 0 bridgehead atoms. The number of benzene rings is 4. The van der Waals surface area contributed by atoms with E-state index in [9.17, 15) is 4.79 Å². The molecule has 5 nitrogen and oxygen atoms in total. The van der Waals surface area contributed by atoms with Crippen molar-refractivity contribution in [2.75, 3.05) is 18.1 Å². The Kier molecular flexibility index (Phi) is 8.80. The minimum atomic E-state index is -0.987. The number of fused-ring (bicyclic) bond motifs is 2. The van der Waals surface area contributed by atoms with Crippen LogP contribution in [0.25, 0.3) is 10.8 Å². The molecule has 0 aliphatic carbocycles. The number of carbonyl (C=O) groups is 1. The van der Waals surface area contributed by atoms with Gasteiger partial charge in [-0.1, -0.05) is 67.6 Å². The lowest BCUT2D eigenvalue weighted by molar-refractivity contribution is -0.139. The van der Waals surface area contributed by atoms with E-state index in [1.54, 1.807) is 0 Å². The number of rotatable bonds is 9. The molecule has 0 fully saturated rings. The van der Waals surface area contributed by atoms with E-state index in [1.807, 2.05) is 37.3 Å². The average molecular weight is 532 g/mol. The van der Waals surface area contributed by atoms with Crippen LogP contribution in [0.5, 0.6) is 11.5 Å². The first-order valence-electron chi connectivity index (χ1n) is 13.0. The standard InChI is InChI=1S/C32H33NO4.ClH/c1-22(27-14-8-11-24-10-3-4-13-28(24)27)9-7-12-26-20-33(29-15-5-6-16-30(29)37-26)25-18-17-23(2)31(19-25)36-21-32(34)35;/h3-6,8,10-11,13-19,22,26H,7,9,12,20-21H2,1-2H3,(H,34,35);1H/t22-,26?;/m0./s1. The van der Waals surface area contributed by atoms with E-state index < -0.39 is 5.97 Å². The van der Waals surface area contributed by atoms with Crippen LogP contribution in [0.2, 0.25) is 0 Å². The molecular formula is C32H34ClNO4. The molecule has 1 aliphatic rings. The first-order chi connectivity index (χ1) is 18.0. The van der Waals surface area contributed by atoms with Crippen LogP contribution in [-0.4, -0.2) is 30.3 Å². The lowest BCUT2D eigenvalue weighted by Crippen LogP contribution is -2.37. The highest BCUT2D eigenvalue weighted by molar-refractivity contribution is 5.86. The van der Waals surface area contributed by atoms with Gasteiger partial charge in [0.05, 0.1) is 12.2 Å². The fraction of sp³-hybridized carbons (Fsp3) is 0.281. The SMILES string of the molecule is Cc1ccc(N2CC(CCC[C@H](C)c3cccc4ccccc34)Oc3ccccc32)cc1OCC(=O)O.Cl. The Morgan fingerprint density at radius 2 is 1.82 bits per heavy atom. The molecule has 1 unspecified atom stereocenters. The van der Waals surface area contributed by atoms with Crippen LogP contribution in [0, 0.1) is 6.92 Å². The smallest absolute Gasteiger partial charge is 0.341 e. The summed E-state index contributed by atoms with van der Waals surface area (Å²) in [5.41, 5.74) is 4.29. The summed E-state index contributed by atoms with van der Waals surface area (Å²) in [5, 5.41) is 11.7.